The molecule has 2 aromatic rings. The summed E-state index contributed by atoms with van der Waals surface area (Å²) < 4.78 is 0. The summed E-state index contributed by atoms with van der Waals surface area (Å²) in [5.74, 6) is 1.06. The summed E-state index contributed by atoms with van der Waals surface area (Å²) in [6.45, 7) is 9.19. The lowest BCUT2D eigenvalue weighted by Gasteiger charge is -2.39. The van der Waals surface area contributed by atoms with Crippen LogP contribution in [0.2, 0.25) is 0 Å². The number of fused-ring (bicyclic) bond motifs is 2. The third kappa shape index (κ3) is 3.28. The van der Waals surface area contributed by atoms with Crippen LogP contribution in [-0.2, 0) is 11.8 Å². The van der Waals surface area contributed by atoms with Crippen LogP contribution in [0.25, 0.3) is 5.57 Å². The number of benzene rings is 2. The molecule has 0 spiro atoms. The zero-order valence-electron chi connectivity index (χ0n) is 19.9. The monoisotopic (exact) mass is 438 g/mol. The molecule has 0 bridgehead atoms. The average molecular weight is 439 g/mol. The highest BCUT2D eigenvalue weighted by molar-refractivity contribution is 8.03. The van der Waals surface area contributed by atoms with E-state index in [1.165, 1.54) is 63.8 Å². The van der Waals surface area contributed by atoms with Crippen molar-refractivity contribution in [2.75, 3.05) is 5.75 Å². The highest BCUT2D eigenvalue weighted by Crippen LogP contribution is 2.61. The van der Waals surface area contributed by atoms with Crippen molar-refractivity contribution >= 4 is 17.3 Å². The first kappa shape index (κ1) is 21.6. The van der Waals surface area contributed by atoms with Gasteiger partial charge in [0.1, 0.15) is 0 Å². The fourth-order valence-corrected chi connectivity index (χ4v) is 7.05. The molecule has 1 aliphatic heterocycles. The van der Waals surface area contributed by atoms with Crippen molar-refractivity contribution in [3.63, 3.8) is 0 Å². The minimum absolute atomic E-state index is 0.155. The summed E-state index contributed by atoms with van der Waals surface area (Å²) in [5, 5.41) is 0. The van der Waals surface area contributed by atoms with E-state index in [0.717, 1.165) is 18.6 Å². The molecule has 1 unspecified atom stereocenters. The Kier molecular flexibility index (Phi) is 5.80. The van der Waals surface area contributed by atoms with Crippen LogP contribution >= 0.6 is 11.8 Å². The number of hydrogen-bond donors (Lipinski definition) is 0. The molecule has 0 nitrogen and oxygen atoms in total. The minimum Gasteiger partial charge on any atom is -0.124 e. The predicted molar refractivity (Wildman–Crippen MR) is 141 cm³/mol. The SMILES string of the molecule is CCCCc1ccc(C2(C3=CC(C)=C(C)CC3)C3=C(C=CCS3)c3ccccc32)cc1C. The predicted octanol–water partition coefficient (Wildman–Crippen LogP) is 8.71. The van der Waals surface area contributed by atoms with Crippen LogP contribution in [0, 0.1) is 6.92 Å². The number of aryl methyl sites for hydroxylation is 2. The molecule has 2 aromatic carbocycles. The van der Waals surface area contributed by atoms with Crippen molar-refractivity contribution in [3.05, 3.63) is 110 Å². The van der Waals surface area contributed by atoms with E-state index >= 15 is 0 Å². The maximum absolute atomic E-state index is 2.52. The Balaban J connectivity index is 1.80. The van der Waals surface area contributed by atoms with Gasteiger partial charge in [-0.1, -0.05) is 85.2 Å². The van der Waals surface area contributed by atoms with Gasteiger partial charge in [0, 0.05) is 10.7 Å². The standard InChI is InChI=1S/C31H34S/c1-5-6-10-24-15-17-26(20-23(24)4)31(25-16-14-21(2)22(3)19-25)29-13-8-7-11-27(29)28-12-9-18-32-30(28)31/h7-9,11-13,15,17,19-20H,5-6,10,14,16,18H2,1-4H3. The molecule has 0 saturated heterocycles. The Bertz CT molecular complexity index is 1190. The number of rotatable bonds is 5. The van der Waals surface area contributed by atoms with Gasteiger partial charge in [0.05, 0.1) is 5.41 Å². The van der Waals surface area contributed by atoms with E-state index in [9.17, 15) is 0 Å². The highest BCUT2D eigenvalue weighted by Gasteiger charge is 2.49. The summed E-state index contributed by atoms with van der Waals surface area (Å²) in [6, 6.07) is 16.6. The summed E-state index contributed by atoms with van der Waals surface area (Å²) in [7, 11) is 0. The van der Waals surface area contributed by atoms with Crippen LogP contribution < -0.4 is 0 Å². The molecule has 5 rings (SSSR count). The molecule has 32 heavy (non-hydrogen) atoms. The third-order valence-electron chi connectivity index (χ3n) is 7.71. The van der Waals surface area contributed by atoms with Crippen molar-refractivity contribution < 1.29 is 0 Å². The van der Waals surface area contributed by atoms with Crippen LogP contribution in [0.5, 0.6) is 0 Å². The molecule has 0 radical (unpaired) electrons. The molecule has 0 fully saturated rings. The van der Waals surface area contributed by atoms with Crippen LogP contribution in [0.1, 0.15) is 74.3 Å². The Hall–Kier alpha value is -2.25. The fourth-order valence-electron chi connectivity index (χ4n) is 5.78. The van der Waals surface area contributed by atoms with Gasteiger partial charge in [0.25, 0.3) is 0 Å². The van der Waals surface area contributed by atoms with Gasteiger partial charge in [-0.25, -0.2) is 0 Å². The quantitative estimate of drug-likeness (QED) is 0.450. The van der Waals surface area contributed by atoms with Gasteiger partial charge in [-0.05, 0) is 85.4 Å². The molecule has 164 valence electrons. The molecule has 0 N–H and O–H groups in total. The number of unbranched alkanes of at least 4 members (excludes halogenated alkanes) is 1. The molecule has 1 heteroatoms. The Labute approximate surface area is 198 Å². The molecular weight excluding hydrogens is 404 g/mol. The van der Waals surface area contributed by atoms with E-state index in [0.29, 0.717) is 0 Å². The molecule has 3 aliphatic rings. The van der Waals surface area contributed by atoms with Gasteiger partial charge in [0.15, 0.2) is 0 Å². The smallest absolute Gasteiger partial charge is 0.0736 e. The Morgan fingerprint density at radius 3 is 2.62 bits per heavy atom. The van der Waals surface area contributed by atoms with Crippen molar-refractivity contribution in [1.29, 1.82) is 0 Å². The van der Waals surface area contributed by atoms with E-state index in [1.807, 2.05) is 11.8 Å². The highest BCUT2D eigenvalue weighted by atomic mass is 32.2. The van der Waals surface area contributed by atoms with Crippen LogP contribution in [-0.4, -0.2) is 5.75 Å². The lowest BCUT2D eigenvalue weighted by molar-refractivity contribution is 0.686. The lowest BCUT2D eigenvalue weighted by Crippen LogP contribution is -2.31. The number of allylic oxidation sites excluding steroid dienone is 7. The second-order valence-electron chi connectivity index (χ2n) is 9.63. The molecule has 0 amide bonds. The van der Waals surface area contributed by atoms with Crippen molar-refractivity contribution in [2.45, 2.75) is 65.2 Å². The van der Waals surface area contributed by atoms with Gasteiger partial charge < -0.3 is 0 Å². The van der Waals surface area contributed by atoms with Gasteiger partial charge in [0.2, 0.25) is 0 Å². The first-order valence-corrected chi connectivity index (χ1v) is 13.2. The van der Waals surface area contributed by atoms with Crippen LogP contribution in [0.4, 0.5) is 0 Å². The molecular formula is C31H34S. The molecule has 0 saturated carbocycles. The summed E-state index contributed by atoms with van der Waals surface area (Å²) in [6.07, 6.45) is 13.2. The first-order valence-electron chi connectivity index (χ1n) is 12.2. The second kappa shape index (κ2) is 8.60. The Morgan fingerprint density at radius 1 is 1.00 bits per heavy atom. The third-order valence-corrected chi connectivity index (χ3v) is 8.88. The topological polar surface area (TPSA) is 0 Å². The molecule has 0 aromatic heterocycles. The number of hydrogen-bond acceptors (Lipinski definition) is 1. The van der Waals surface area contributed by atoms with E-state index < -0.39 is 0 Å². The molecule has 2 aliphatic carbocycles. The van der Waals surface area contributed by atoms with Crippen molar-refractivity contribution in [3.8, 4) is 0 Å². The maximum Gasteiger partial charge on any atom is 0.0736 e. The van der Waals surface area contributed by atoms with Crippen molar-refractivity contribution in [1.82, 2.24) is 0 Å². The van der Waals surface area contributed by atoms with Gasteiger partial charge in [-0.3, -0.25) is 0 Å². The maximum atomic E-state index is 2.52. The number of thioether (sulfide) groups is 1. The second-order valence-corrected chi connectivity index (χ2v) is 10.7. The van der Waals surface area contributed by atoms with Gasteiger partial charge in [-0.2, -0.15) is 0 Å². The molecule has 1 atom stereocenters. The van der Waals surface area contributed by atoms with Gasteiger partial charge >= 0.3 is 0 Å². The fraction of sp³-hybridized carbons (Fsp3) is 0.355. The van der Waals surface area contributed by atoms with E-state index in [-0.39, 0.29) is 5.41 Å². The summed E-state index contributed by atoms with van der Waals surface area (Å²) in [4.78, 5) is 1.54. The Morgan fingerprint density at radius 2 is 1.84 bits per heavy atom. The van der Waals surface area contributed by atoms with Crippen LogP contribution in [0.15, 0.2) is 82.3 Å². The minimum atomic E-state index is -0.155. The summed E-state index contributed by atoms with van der Waals surface area (Å²) >= 11 is 2.05. The first-order chi connectivity index (χ1) is 15.6. The summed E-state index contributed by atoms with van der Waals surface area (Å²) in [5.41, 5.74) is 13.1. The van der Waals surface area contributed by atoms with Crippen LogP contribution in [0.3, 0.4) is 0 Å². The van der Waals surface area contributed by atoms with E-state index in [2.05, 4.69) is 88.4 Å². The van der Waals surface area contributed by atoms with Crippen molar-refractivity contribution in [2.24, 2.45) is 0 Å². The van der Waals surface area contributed by atoms with Gasteiger partial charge in [-0.15, -0.1) is 11.8 Å². The van der Waals surface area contributed by atoms with E-state index in [1.54, 1.807) is 10.5 Å². The average Bonchev–Trinajstić information content (AvgIpc) is 3.11. The zero-order valence-corrected chi connectivity index (χ0v) is 20.7. The lowest BCUT2D eigenvalue weighted by atomic mass is 9.66. The molecule has 1 heterocycles. The van der Waals surface area contributed by atoms with E-state index in [4.69, 9.17) is 0 Å². The zero-order chi connectivity index (χ0) is 22.3. The largest absolute Gasteiger partial charge is 0.124 e. The normalized spacial score (nSPS) is 22.2.